The minimum atomic E-state index is -0.180. The third-order valence-electron chi connectivity index (χ3n) is 3.50. The Bertz CT molecular complexity index is 537. The van der Waals surface area contributed by atoms with Crippen molar-refractivity contribution in [3.05, 3.63) is 29.3 Å². The molecular formula is C16H20BrNO2. The molecule has 1 heterocycles. The van der Waals surface area contributed by atoms with Crippen molar-refractivity contribution in [3.63, 3.8) is 0 Å². The van der Waals surface area contributed by atoms with Gasteiger partial charge in [-0.15, -0.1) is 0 Å². The molecular weight excluding hydrogens is 318 g/mol. The van der Waals surface area contributed by atoms with E-state index in [2.05, 4.69) is 15.9 Å². The molecule has 0 bridgehead atoms. The molecule has 1 aliphatic rings. The number of nitrogens with zero attached hydrogens (tertiary/aromatic N) is 1. The van der Waals surface area contributed by atoms with Crippen molar-refractivity contribution >= 4 is 33.3 Å². The van der Waals surface area contributed by atoms with Crippen molar-refractivity contribution in [1.29, 1.82) is 0 Å². The van der Waals surface area contributed by atoms with Crippen LogP contribution in [0.5, 0.6) is 0 Å². The standard InChI is InChI=1S/C16H20BrNO2/c1-10(2)8-15(19)18-7-6-12-9-13(4-5-14(12)18)16(20)11(3)17/h4-5,9-11H,6-8H2,1-3H3. The summed E-state index contributed by atoms with van der Waals surface area (Å²) in [5.74, 6) is 0.619. The average Bonchev–Trinajstić information content (AvgIpc) is 2.79. The quantitative estimate of drug-likeness (QED) is 0.622. The average molecular weight is 338 g/mol. The van der Waals surface area contributed by atoms with Gasteiger partial charge in [-0.3, -0.25) is 9.59 Å². The van der Waals surface area contributed by atoms with Gasteiger partial charge in [0.1, 0.15) is 0 Å². The third-order valence-corrected chi connectivity index (χ3v) is 3.92. The van der Waals surface area contributed by atoms with E-state index >= 15 is 0 Å². The number of anilines is 1. The SMILES string of the molecule is CC(C)CC(=O)N1CCc2cc(C(=O)C(C)Br)ccc21. The summed E-state index contributed by atoms with van der Waals surface area (Å²) in [6, 6.07) is 5.65. The molecule has 108 valence electrons. The number of ketones is 1. The molecule has 1 amide bonds. The van der Waals surface area contributed by atoms with Crippen LogP contribution in [0.25, 0.3) is 0 Å². The first kappa shape index (κ1) is 15.2. The summed E-state index contributed by atoms with van der Waals surface area (Å²) in [6.07, 6.45) is 1.40. The third kappa shape index (κ3) is 3.11. The topological polar surface area (TPSA) is 37.4 Å². The van der Waals surface area contributed by atoms with Crippen molar-refractivity contribution in [2.24, 2.45) is 5.92 Å². The highest BCUT2D eigenvalue weighted by Gasteiger charge is 2.26. The second-order valence-electron chi connectivity index (χ2n) is 5.72. The lowest BCUT2D eigenvalue weighted by Gasteiger charge is -2.18. The van der Waals surface area contributed by atoms with Crippen LogP contribution in [0.1, 0.15) is 43.1 Å². The summed E-state index contributed by atoms with van der Waals surface area (Å²) >= 11 is 3.31. The zero-order chi connectivity index (χ0) is 14.9. The zero-order valence-corrected chi connectivity index (χ0v) is 13.7. The van der Waals surface area contributed by atoms with Gasteiger partial charge in [0.05, 0.1) is 4.83 Å². The predicted octanol–water partition coefficient (Wildman–Crippen LogP) is 3.59. The van der Waals surface area contributed by atoms with E-state index in [1.54, 1.807) is 0 Å². The Morgan fingerprint density at radius 1 is 1.30 bits per heavy atom. The van der Waals surface area contributed by atoms with Crippen LogP contribution >= 0.6 is 15.9 Å². The molecule has 1 aromatic carbocycles. The molecule has 0 aliphatic carbocycles. The van der Waals surface area contributed by atoms with Crippen LogP contribution in [0.15, 0.2) is 18.2 Å². The van der Waals surface area contributed by atoms with Gasteiger partial charge in [0.2, 0.25) is 5.91 Å². The number of rotatable bonds is 4. The van der Waals surface area contributed by atoms with E-state index in [1.807, 2.05) is 43.9 Å². The second kappa shape index (κ2) is 6.08. The van der Waals surface area contributed by atoms with Crippen molar-refractivity contribution in [1.82, 2.24) is 0 Å². The van der Waals surface area contributed by atoms with Gasteiger partial charge in [0, 0.05) is 24.2 Å². The molecule has 1 aliphatic heterocycles. The molecule has 0 radical (unpaired) electrons. The van der Waals surface area contributed by atoms with Gasteiger partial charge in [-0.25, -0.2) is 0 Å². The number of carbonyl (C=O) groups is 2. The number of alkyl halides is 1. The zero-order valence-electron chi connectivity index (χ0n) is 12.1. The van der Waals surface area contributed by atoms with Gasteiger partial charge in [-0.05, 0) is 43.0 Å². The fourth-order valence-corrected chi connectivity index (χ4v) is 2.77. The van der Waals surface area contributed by atoms with Crippen LogP contribution < -0.4 is 4.90 Å². The monoisotopic (exact) mass is 337 g/mol. The number of amides is 1. The summed E-state index contributed by atoms with van der Waals surface area (Å²) in [5, 5.41) is 0. The summed E-state index contributed by atoms with van der Waals surface area (Å²) in [4.78, 5) is 25.8. The smallest absolute Gasteiger partial charge is 0.227 e. The van der Waals surface area contributed by atoms with Crippen LogP contribution in [0.2, 0.25) is 0 Å². The highest BCUT2D eigenvalue weighted by atomic mass is 79.9. The number of halogens is 1. The Kier molecular flexibility index (Phi) is 4.63. The molecule has 20 heavy (non-hydrogen) atoms. The fourth-order valence-electron chi connectivity index (χ4n) is 2.50. The largest absolute Gasteiger partial charge is 0.312 e. The Hall–Kier alpha value is -1.16. The molecule has 3 nitrogen and oxygen atoms in total. The summed E-state index contributed by atoms with van der Waals surface area (Å²) in [7, 11) is 0. The van der Waals surface area contributed by atoms with E-state index in [4.69, 9.17) is 0 Å². The van der Waals surface area contributed by atoms with Gasteiger partial charge in [-0.2, -0.15) is 0 Å². The second-order valence-corrected chi connectivity index (χ2v) is 7.09. The first-order valence-electron chi connectivity index (χ1n) is 7.01. The van der Waals surface area contributed by atoms with Gasteiger partial charge >= 0.3 is 0 Å². The fraction of sp³-hybridized carbons (Fsp3) is 0.500. The number of carbonyl (C=O) groups excluding carboxylic acids is 2. The van der Waals surface area contributed by atoms with E-state index in [9.17, 15) is 9.59 Å². The molecule has 0 fully saturated rings. The summed E-state index contributed by atoms with van der Waals surface area (Å²) in [5.41, 5.74) is 2.78. The molecule has 1 unspecified atom stereocenters. The number of hydrogen-bond acceptors (Lipinski definition) is 2. The Morgan fingerprint density at radius 3 is 2.60 bits per heavy atom. The molecule has 2 rings (SSSR count). The van der Waals surface area contributed by atoms with Crippen molar-refractivity contribution in [2.45, 2.75) is 38.4 Å². The van der Waals surface area contributed by atoms with Crippen LogP contribution in [0.4, 0.5) is 5.69 Å². The first-order valence-corrected chi connectivity index (χ1v) is 7.93. The molecule has 0 saturated heterocycles. The maximum Gasteiger partial charge on any atom is 0.227 e. The van der Waals surface area contributed by atoms with Crippen LogP contribution in [-0.2, 0) is 11.2 Å². The van der Waals surface area contributed by atoms with Crippen LogP contribution in [0.3, 0.4) is 0 Å². The lowest BCUT2D eigenvalue weighted by molar-refractivity contribution is -0.119. The van der Waals surface area contributed by atoms with Gasteiger partial charge in [-0.1, -0.05) is 29.8 Å². The molecule has 0 N–H and O–H groups in total. The van der Waals surface area contributed by atoms with Gasteiger partial charge in [0.25, 0.3) is 0 Å². The minimum Gasteiger partial charge on any atom is -0.312 e. The summed E-state index contributed by atoms with van der Waals surface area (Å²) in [6.45, 7) is 6.65. The van der Waals surface area contributed by atoms with E-state index in [1.165, 1.54) is 0 Å². The van der Waals surface area contributed by atoms with Crippen LogP contribution in [0, 0.1) is 5.92 Å². The molecule has 0 spiro atoms. The molecule has 0 aromatic heterocycles. The van der Waals surface area contributed by atoms with E-state index < -0.39 is 0 Å². The maximum atomic E-state index is 12.2. The molecule has 1 aromatic rings. The van der Waals surface area contributed by atoms with E-state index in [0.29, 0.717) is 17.9 Å². The first-order chi connectivity index (χ1) is 9.40. The lowest BCUT2D eigenvalue weighted by atomic mass is 10.0. The Morgan fingerprint density at radius 2 is 2.00 bits per heavy atom. The van der Waals surface area contributed by atoms with Crippen molar-refractivity contribution in [2.75, 3.05) is 11.4 Å². The Balaban J connectivity index is 2.22. The minimum absolute atomic E-state index is 0.0831. The normalized spacial score (nSPS) is 15.3. The summed E-state index contributed by atoms with van der Waals surface area (Å²) < 4.78 is 0. The maximum absolute atomic E-state index is 12.2. The van der Waals surface area contributed by atoms with Crippen molar-refractivity contribution in [3.8, 4) is 0 Å². The molecule has 0 saturated carbocycles. The van der Waals surface area contributed by atoms with Gasteiger partial charge in [0.15, 0.2) is 5.78 Å². The van der Waals surface area contributed by atoms with E-state index in [0.717, 1.165) is 24.2 Å². The lowest BCUT2D eigenvalue weighted by Crippen LogP contribution is -2.29. The van der Waals surface area contributed by atoms with Gasteiger partial charge < -0.3 is 4.90 Å². The number of fused-ring (bicyclic) bond motifs is 1. The molecule has 1 atom stereocenters. The number of Topliss-reactive ketones (excluding diaryl/α,β-unsaturated/α-hetero) is 1. The highest BCUT2D eigenvalue weighted by Crippen LogP contribution is 2.30. The predicted molar refractivity (Wildman–Crippen MR) is 84.7 cm³/mol. The Labute approximate surface area is 128 Å². The van der Waals surface area contributed by atoms with Crippen molar-refractivity contribution < 1.29 is 9.59 Å². The number of hydrogen-bond donors (Lipinski definition) is 0. The number of benzene rings is 1. The van der Waals surface area contributed by atoms with Crippen LogP contribution in [-0.4, -0.2) is 23.1 Å². The molecule has 4 heteroatoms. The highest BCUT2D eigenvalue weighted by molar-refractivity contribution is 9.10. The van der Waals surface area contributed by atoms with E-state index in [-0.39, 0.29) is 16.5 Å².